The quantitative estimate of drug-likeness (QED) is 0.720. The first-order valence-corrected chi connectivity index (χ1v) is 6.22. The molecule has 2 amide bonds. The Morgan fingerprint density at radius 2 is 2.41 bits per heavy atom. The van der Waals surface area contributed by atoms with Gasteiger partial charge in [-0.3, -0.25) is 0 Å². The van der Waals surface area contributed by atoms with Crippen molar-refractivity contribution < 1.29 is 4.79 Å². The number of carbonyl (C=O) groups excluding carboxylic acids is 1. The number of nitrogens with zero attached hydrogens (tertiary/aromatic N) is 1. The molecular formula is C12H18N4O. The molecule has 2 unspecified atom stereocenters. The smallest absolute Gasteiger partial charge is 0.318 e. The lowest BCUT2D eigenvalue weighted by Gasteiger charge is -2.18. The van der Waals surface area contributed by atoms with Crippen LogP contribution in [0.3, 0.4) is 0 Å². The van der Waals surface area contributed by atoms with Gasteiger partial charge in [-0.2, -0.15) is 0 Å². The topological polar surface area (TPSA) is 60.2 Å². The normalized spacial score (nSPS) is 28.7. The Balaban J connectivity index is 1.61. The summed E-state index contributed by atoms with van der Waals surface area (Å²) in [6.07, 6.45) is 3.07. The number of amides is 2. The SMILES string of the molecule is O=C1NC(c2ccc[nH]2)CN1CC1CCNC1. The summed E-state index contributed by atoms with van der Waals surface area (Å²) in [5.74, 6) is 0.614. The third kappa shape index (κ3) is 2.15. The maximum atomic E-state index is 11.8. The van der Waals surface area contributed by atoms with Gasteiger partial charge >= 0.3 is 6.03 Å². The van der Waals surface area contributed by atoms with Crippen LogP contribution in [0.1, 0.15) is 18.2 Å². The first-order valence-electron chi connectivity index (χ1n) is 6.22. The Morgan fingerprint density at radius 1 is 1.47 bits per heavy atom. The molecule has 1 aromatic rings. The van der Waals surface area contributed by atoms with E-state index < -0.39 is 0 Å². The number of hydrogen-bond acceptors (Lipinski definition) is 2. The molecule has 0 spiro atoms. The Morgan fingerprint density at radius 3 is 3.12 bits per heavy atom. The van der Waals surface area contributed by atoms with Crippen LogP contribution in [0.25, 0.3) is 0 Å². The molecule has 2 aliphatic heterocycles. The van der Waals surface area contributed by atoms with Crippen LogP contribution in [0.15, 0.2) is 18.3 Å². The second kappa shape index (κ2) is 4.41. The van der Waals surface area contributed by atoms with Gasteiger partial charge in [-0.1, -0.05) is 0 Å². The minimum absolute atomic E-state index is 0.0662. The first-order chi connectivity index (χ1) is 8.33. The molecule has 3 heterocycles. The van der Waals surface area contributed by atoms with Crippen LogP contribution in [-0.4, -0.2) is 42.1 Å². The van der Waals surface area contributed by atoms with Gasteiger partial charge in [0, 0.05) is 25.0 Å². The van der Waals surface area contributed by atoms with Crippen LogP contribution < -0.4 is 10.6 Å². The lowest BCUT2D eigenvalue weighted by Crippen LogP contribution is -2.33. The van der Waals surface area contributed by atoms with Gasteiger partial charge in [-0.25, -0.2) is 4.79 Å². The van der Waals surface area contributed by atoms with Crippen molar-refractivity contribution >= 4 is 6.03 Å². The largest absolute Gasteiger partial charge is 0.363 e. The van der Waals surface area contributed by atoms with Crippen molar-refractivity contribution in [3.63, 3.8) is 0 Å². The van der Waals surface area contributed by atoms with E-state index in [9.17, 15) is 4.79 Å². The molecule has 2 aliphatic rings. The third-order valence-corrected chi connectivity index (χ3v) is 3.63. The average Bonchev–Trinajstić information content (AvgIpc) is 3.02. The van der Waals surface area contributed by atoms with Crippen molar-refractivity contribution in [3.8, 4) is 0 Å². The van der Waals surface area contributed by atoms with Crippen molar-refractivity contribution in [2.24, 2.45) is 5.92 Å². The van der Waals surface area contributed by atoms with Gasteiger partial charge < -0.3 is 20.5 Å². The summed E-state index contributed by atoms with van der Waals surface area (Å²) in [4.78, 5) is 16.9. The van der Waals surface area contributed by atoms with Gasteiger partial charge in [0.1, 0.15) is 0 Å². The molecular weight excluding hydrogens is 216 g/mol. The van der Waals surface area contributed by atoms with Crippen LogP contribution in [-0.2, 0) is 0 Å². The lowest BCUT2D eigenvalue weighted by atomic mass is 10.1. The molecule has 17 heavy (non-hydrogen) atoms. The molecule has 0 saturated carbocycles. The lowest BCUT2D eigenvalue weighted by molar-refractivity contribution is 0.210. The monoisotopic (exact) mass is 234 g/mol. The molecule has 5 heteroatoms. The zero-order chi connectivity index (χ0) is 11.7. The van der Waals surface area contributed by atoms with Crippen molar-refractivity contribution in [1.82, 2.24) is 20.5 Å². The number of nitrogens with one attached hydrogen (secondary N) is 3. The van der Waals surface area contributed by atoms with E-state index >= 15 is 0 Å². The fourth-order valence-electron chi connectivity index (χ4n) is 2.67. The molecule has 0 aromatic carbocycles. The molecule has 0 bridgehead atoms. The Bertz CT molecular complexity index is 383. The zero-order valence-corrected chi connectivity index (χ0v) is 9.78. The Labute approximate surface area is 101 Å². The van der Waals surface area contributed by atoms with E-state index in [0.717, 1.165) is 31.9 Å². The molecule has 5 nitrogen and oxygen atoms in total. The highest BCUT2D eigenvalue weighted by Crippen LogP contribution is 2.20. The van der Waals surface area contributed by atoms with E-state index in [1.165, 1.54) is 6.42 Å². The highest BCUT2D eigenvalue weighted by molar-refractivity contribution is 5.77. The van der Waals surface area contributed by atoms with Crippen molar-refractivity contribution in [1.29, 1.82) is 0 Å². The summed E-state index contributed by atoms with van der Waals surface area (Å²) in [5, 5.41) is 6.35. The molecule has 2 atom stereocenters. The molecule has 0 aliphatic carbocycles. The number of carbonyl (C=O) groups is 1. The van der Waals surface area contributed by atoms with E-state index in [1.54, 1.807) is 0 Å². The number of rotatable bonds is 3. The minimum Gasteiger partial charge on any atom is -0.363 e. The van der Waals surface area contributed by atoms with Crippen LogP contribution >= 0.6 is 0 Å². The van der Waals surface area contributed by atoms with Gasteiger partial charge in [-0.05, 0) is 37.6 Å². The van der Waals surface area contributed by atoms with E-state index in [-0.39, 0.29) is 12.1 Å². The summed E-state index contributed by atoms with van der Waals surface area (Å²) >= 11 is 0. The predicted octanol–water partition coefficient (Wildman–Crippen LogP) is 0.690. The van der Waals surface area contributed by atoms with Gasteiger partial charge in [0.25, 0.3) is 0 Å². The number of urea groups is 1. The molecule has 1 aromatic heterocycles. The van der Waals surface area contributed by atoms with Gasteiger partial charge in [0.15, 0.2) is 0 Å². The molecule has 2 fully saturated rings. The fourth-order valence-corrected chi connectivity index (χ4v) is 2.67. The summed E-state index contributed by atoms with van der Waals surface area (Å²) in [6, 6.07) is 4.17. The highest BCUT2D eigenvalue weighted by Gasteiger charge is 2.32. The number of H-pyrrole nitrogens is 1. The standard InChI is InChI=1S/C12H18N4O/c17-12-15-11(10-2-1-4-14-10)8-16(12)7-9-3-5-13-6-9/h1-2,4,9,11,13-14H,3,5-8H2,(H,15,17). The first kappa shape index (κ1) is 10.7. The van der Waals surface area contributed by atoms with Gasteiger partial charge in [0.2, 0.25) is 0 Å². The molecule has 0 radical (unpaired) electrons. The average molecular weight is 234 g/mol. The minimum atomic E-state index is 0.0662. The second-order valence-electron chi connectivity index (χ2n) is 4.89. The van der Waals surface area contributed by atoms with Crippen molar-refractivity contribution in [2.75, 3.05) is 26.2 Å². The number of aromatic nitrogens is 1. The summed E-state index contributed by atoms with van der Waals surface area (Å²) in [5.41, 5.74) is 1.09. The van der Waals surface area contributed by atoms with E-state index in [2.05, 4.69) is 15.6 Å². The van der Waals surface area contributed by atoms with Crippen LogP contribution in [0.5, 0.6) is 0 Å². The maximum absolute atomic E-state index is 11.8. The predicted molar refractivity (Wildman–Crippen MR) is 64.6 cm³/mol. The Kier molecular flexibility index (Phi) is 2.76. The second-order valence-corrected chi connectivity index (χ2v) is 4.89. The fraction of sp³-hybridized carbons (Fsp3) is 0.583. The van der Waals surface area contributed by atoms with Gasteiger partial charge in [-0.15, -0.1) is 0 Å². The molecule has 3 N–H and O–H groups in total. The summed E-state index contributed by atoms with van der Waals surface area (Å²) < 4.78 is 0. The zero-order valence-electron chi connectivity index (χ0n) is 9.78. The summed E-state index contributed by atoms with van der Waals surface area (Å²) in [7, 11) is 0. The van der Waals surface area contributed by atoms with Gasteiger partial charge in [0.05, 0.1) is 6.04 Å². The van der Waals surface area contributed by atoms with Crippen LogP contribution in [0, 0.1) is 5.92 Å². The maximum Gasteiger partial charge on any atom is 0.318 e. The summed E-state index contributed by atoms with van der Waals surface area (Å²) in [6.45, 7) is 3.77. The van der Waals surface area contributed by atoms with Crippen LogP contribution in [0.4, 0.5) is 4.79 Å². The third-order valence-electron chi connectivity index (χ3n) is 3.63. The molecule has 92 valence electrons. The van der Waals surface area contributed by atoms with E-state index in [4.69, 9.17) is 0 Å². The van der Waals surface area contributed by atoms with Crippen molar-refractivity contribution in [2.45, 2.75) is 12.5 Å². The number of aromatic amines is 1. The number of hydrogen-bond donors (Lipinski definition) is 3. The van der Waals surface area contributed by atoms with Crippen molar-refractivity contribution in [3.05, 3.63) is 24.0 Å². The highest BCUT2D eigenvalue weighted by atomic mass is 16.2. The van der Waals surface area contributed by atoms with Crippen LogP contribution in [0.2, 0.25) is 0 Å². The molecule has 3 rings (SSSR count). The van der Waals surface area contributed by atoms with E-state index in [1.807, 2.05) is 23.2 Å². The molecule has 2 saturated heterocycles. The van der Waals surface area contributed by atoms with E-state index in [0.29, 0.717) is 5.92 Å². The Hall–Kier alpha value is -1.49.